The van der Waals surface area contributed by atoms with Crippen LogP contribution in [0.3, 0.4) is 0 Å². The van der Waals surface area contributed by atoms with Gasteiger partial charge >= 0.3 is 6.18 Å². The van der Waals surface area contributed by atoms with E-state index >= 15 is 0 Å². The zero-order chi connectivity index (χ0) is 21.6. The monoisotopic (exact) mass is 408 g/mol. The molecule has 0 aliphatic carbocycles. The van der Waals surface area contributed by atoms with E-state index < -0.39 is 34.2 Å². The van der Waals surface area contributed by atoms with E-state index in [4.69, 9.17) is 0 Å². The number of carbonyl (C=O) groups is 2. The lowest BCUT2D eigenvalue weighted by molar-refractivity contribution is -0.385. The third kappa shape index (κ3) is 6.13. The number of amides is 2. The average molecular weight is 408 g/mol. The van der Waals surface area contributed by atoms with Gasteiger partial charge in [0.2, 0.25) is 5.91 Å². The Hall–Kier alpha value is -3.76. The van der Waals surface area contributed by atoms with Crippen LogP contribution in [0.1, 0.15) is 29.3 Å². The molecule has 0 aromatic heterocycles. The number of carbonyl (C=O) groups excluding carboxylic acids is 2. The first-order chi connectivity index (χ1) is 13.6. The molecule has 29 heavy (non-hydrogen) atoms. The van der Waals surface area contributed by atoms with Gasteiger partial charge in [0.05, 0.1) is 16.9 Å². The largest absolute Gasteiger partial charge is 0.416 e. The van der Waals surface area contributed by atoms with Crippen molar-refractivity contribution < 1.29 is 27.7 Å². The summed E-state index contributed by atoms with van der Waals surface area (Å²) >= 11 is 0. The van der Waals surface area contributed by atoms with Crippen LogP contribution in [0.25, 0.3) is 0 Å². The summed E-state index contributed by atoms with van der Waals surface area (Å²) in [6, 6.07) is 9.39. The maximum absolute atomic E-state index is 12.7. The highest BCUT2D eigenvalue weighted by Gasteiger charge is 2.30. The first kappa shape index (κ1) is 21.5. The van der Waals surface area contributed by atoms with Crippen LogP contribution in [0.4, 0.5) is 24.5 Å². The van der Waals surface area contributed by atoms with Gasteiger partial charge in [0.15, 0.2) is 0 Å². The molecule has 0 heterocycles. The number of anilines is 1. The Balaban J connectivity index is 1.99. The van der Waals surface area contributed by atoms with Crippen LogP contribution in [0.5, 0.6) is 0 Å². The minimum absolute atomic E-state index is 0.0402. The van der Waals surface area contributed by atoms with Crippen molar-refractivity contribution in [1.82, 2.24) is 5.43 Å². The molecular weight excluding hydrogens is 393 g/mol. The number of nitrogens with one attached hydrogen (secondary N) is 2. The maximum Gasteiger partial charge on any atom is 0.416 e. The number of nitro groups is 1. The highest BCUT2D eigenvalue weighted by atomic mass is 19.4. The van der Waals surface area contributed by atoms with E-state index in [-0.39, 0.29) is 23.4 Å². The summed E-state index contributed by atoms with van der Waals surface area (Å²) in [5.41, 5.74) is 0.694. The number of alkyl halides is 3. The van der Waals surface area contributed by atoms with Gasteiger partial charge in [0.1, 0.15) is 5.56 Å². The highest BCUT2D eigenvalue weighted by molar-refractivity contribution is 6.06. The number of hydrogen-bond donors (Lipinski definition) is 2. The number of rotatable bonds is 6. The molecule has 0 radical (unpaired) electrons. The van der Waals surface area contributed by atoms with Gasteiger partial charge in [-0.05, 0) is 31.2 Å². The Morgan fingerprint density at radius 1 is 1.14 bits per heavy atom. The average Bonchev–Trinajstić information content (AvgIpc) is 2.65. The lowest BCUT2D eigenvalue weighted by Gasteiger charge is -2.10. The minimum atomic E-state index is -4.54. The van der Waals surface area contributed by atoms with Gasteiger partial charge < -0.3 is 5.32 Å². The number of hydrogen-bond acceptors (Lipinski definition) is 5. The van der Waals surface area contributed by atoms with Crippen LogP contribution in [-0.2, 0) is 11.0 Å². The van der Waals surface area contributed by atoms with Gasteiger partial charge in [-0.25, -0.2) is 5.43 Å². The number of para-hydroxylation sites is 1. The number of nitrogens with zero attached hydrogens (tertiary/aromatic N) is 2. The fourth-order valence-corrected chi connectivity index (χ4v) is 2.28. The molecule has 0 fully saturated rings. The predicted octanol–water partition coefficient (Wildman–Crippen LogP) is 3.75. The molecule has 0 saturated heterocycles. The highest BCUT2D eigenvalue weighted by Crippen LogP contribution is 2.30. The molecule has 2 amide bonds. The molecule has 11 heteroatoms. The lowest BCUT2D eigenvalue weighted by Crippen LogP contribution is -2.22. The van der Waals surface area contributed by atoms with E-state index in [9.17, 15) is 32.9 Å². The molecule has 0 unspecified atom stereocenters. The van der Waals surface area contributed by atoms with Crippen LogP contribution < -0.4 is 10.7 Å². The van der Waals surface area contributed by atoms with Crippen molar-refractivity contribution in [3.8, 4) is 0 Å². The zero-order valence-electron chi connectivity index (χ0n) is 15.0. The van der Waals surface area contributed by atoms with Gasteiger partial charge in [-0.15, -0.1) is 0 Å². The van der Waals surface area contributed by atoms with Gasteiger partial charge in [-0.2, -0.15) is 18.3 Å². The normalized spacial score (nSPS) is 11.7. The third-order valence-electron chi connectivity index (χ3n) is 3.58. The second kappa shape index (κ2) is 8.95. The molecule has 8 nitrogen and oxygen atoms in total. The summed E-state index contributed by atoms with van der Waals surface area (Å²) in [6.45, 7) is 1.41. The second-order valence-corrected chi connectivity index (χ2v) is 5.87. The Morgan fingerprint density at radius 3 is 2.48 bits per heavy atom. The van der Waals surface area contributed by atoms with Crippen molar-refractivity contribution in [2.45, 2.75) is 19.5 Å². The number of halogens is 3. The minimum Gasteiger partial charge on any atom is -0.326 e. The van der Waals surface area contributed by atoms with Crippen LogP contribution in [0.2, 0.25) is 0 Å². The summed E-state index contributed by atoms with van der Waals surface area (Å²) < 4.78 is 38.1. The summed E-state index contributed by atoms with van der Waals surface area (Å²) in [5, 5.41) is 16.9. The van der Waals surface area contributed by atoms with Gasteiger partial charge in [-0.3, -0.25) is 19.7 Å². The molecule has 2 rings (SSSR count). The second-order valence-electron chi connectivity index (χ2n) is 5.87. The van der Waals surface area contributed by atoms with E-state index in [0.29, 0.717) is 0 Å². The maximum atomic E-state index is 12.7. The van der Waals surface area contributed by atoms with Crippen molar-refractivity contribution >= 4 is 28.9 Å². The number of benzene rings is 2. The SMILES string of the molecule is CC(CC(=O)Nc1cccc(C(F)(F)F)c1)=NNC(=O)c1ccccc1[N+](=O)[O-]. The van der Waals surface area contributed by atoms with Crippen LogP contribution >= 0.6 is 0 Å². The van der Waals surface area contributed by atoms with E-state index in [0.717, 1.165) is 24.3 Å². The van der Waals surface area contributed by atoms with Crippen molar-refractivity contribution in [1.29, 1.82) is 0 Å². The van der Waals surface area contributed by atoms with Gasteiger partial charge in [0.25, 0.3) is 11.6 Å². The molecule has 0 spiro atoms. The summed E-state index contributed by atoms with van der Waals surface area (Å²) in [5.74, 6) is -1.49. The van der Waals surface area contributed by atoms with E-state index in [1.165, 1.54) is 31.2 Å². The van der Waals surface area contributed by atoms with Gasteiger partial charge in [0, 0.05) is 17.5 Å². The zero-order valence-corrected chi connectivity index (χ0v) is 15.0. The molecule has 152 valence electrons. The Labute approximate surface area is 162 Å². The fourth-order valence-electron chi connectivity index (χ4n) is 2.28. The summed E-state index contributed by atoms with van der Waals surface area (Å²) in [7, 11) is 0. The van der Waals surface area contributed by atoms with Crippen LogP contribution in [0, 0.1) is 10.1 Å². The number of nitro benzene ring substituents is 1. The lowest BCUT2D eigenvalue weighted by atomic mass is 10.2. The van der Waals surface area contributed by atoms with Crippen molar-refractivity contribution in [2.75, 3.05) is 5.32 Å². The van der Waals surface area contributed by atoms with Crippen molar-refractivity contribution in [2.24, 2.45) is 5.10 Å². The first-order valence-corrected chi connectivity index (χ1v) is 8.12. The molecule has 0 aliphatic heterocycles. The molecule has 0 saturated carbocycles. The Morgan fingerprint density at radius 2 is 1.83 bits per heavy atom. The van der Waals surface area contributed by atoms with E-state index in [1.54, 1.807) is 0 Å². The Bertz CT molecular complexity index is 974. The van der Waals surface area contributed by atoms with Gasteiger partial charge in [-0.1, -0.05) is 18.2 Å². The topological polar surface area (TPSA) is 114 Å². The molecule has 0 atom stereocenters. The predicted molar refractivity (Wildman–Crippen MR) is 98.4 cm³/mol. The van der Waals surface area contributed by atoms with Crippen LogP contribution in [-0.4, -0.2) is 22.4 Å². The van der Waals surface area contributed by atoms with E-state index in [2.05, 4.69) is 15.8 Å². The molecule has 0 bridgehead atoms. The quantitative estimate of drug-likeness (QED) is 0.430. The Kier molecular flexibility index (Phi) is 6.65. The first-order valence-electron chi connectivity index (χ1n) is 8.12. The fraction of sp³-hybridized carbons (Fsp3) is 0.167. The van der Waals surface area contributed by atoms with E-state index in [1.807, 2.05) is 0 Å². The summed E-state index contributed by atoms with van der Waals surface area (Å²) in [4.78, 5) is 34.2. The smallest absolute Gasteiger partial charge is 0.326 e. The number of hydrazone groups is 1. The molecule has 0 aliphatic rings. The molecule has 2 aromatic carbocycles. The van der Waals surface area contributed by atoms with Crippen molar-refractivity contribution in [3.63, 3.8) is 0 Å². The molecule has 2 aromatic rings. The molecule has 2 N–H and O–H groups in total. The van der Waals surface area contributed by atoms with Crippen LogP contribution in [0.15, 0.2) is 53.6 Å². The molecular formula is C18H15F3N4O4. The summed E-state index contributed by atoms with van der Waals surface area (Å²) in [6.07, 6.45) is -4.85. The standard InChI is InChI=1S/C18H15F3N4O4/c1-11(23-24-17(27)14-7-2-3-8-15(14)25(28)29)9-16(26)22-13-6-4-5-12(10-13)18(19,20)21/h2-8,10H,9H2,1H3,(H,22,26)(H,24,27). The third-order valence-corrected chi connectivity index (χ3v) is 3.58. The van der Waals surface area contributed by atoms with Crippen molar-refractivity contribution in [3.05, 3.63) is 69.8 Å².